The first kappa shape index (κ1) is 40.3. The van der Waals surface area contributed by atoms with Crippen LogP contribution in [0.15, 0.2) is 42.6 Å². The number of aromatic nitrogens is 1. The van der Waals surface area contributed by atoms with E-state index < -0.39 is 68.7 Å². The highest BCUT2D eigenvalue weighted by Gasteiger charge is 2.62. The summed E-state index contributed by atoms with van der Waals surface area (Å²) in [6.45, 7) is 4.73. The maximum atomic E-state index is 14.9. The van der Waals surface area contributed by atoms with Gasteiger partial charge >= 0.3 is 6.09 Å². The molecule has 58 heavy (non-hydrogen) atoms. The van der Waals surface area contributed by atoms with Crippen LogP contribution >= 0.6 is 0 Å². The summed E-state index contributed by atoms with van der Waals surface area (Å²) in [6, 6.07) is 5.34. The van der Waals surface area contributed by atoms with Gasteiger partial charge in [-0.2, -0.15) is 0 Å². The molecule has 6 aliphatic rings. The molecule has 4 aliphatic carbocycles. The number of benzene rings is 1. The molecule has 4 saturated carbocycles. The average Bonchev–Trinajstić information content (AvgIpc) is 4.15. The van der Waals surface area contributed by atoms with Gasteiger partial charge in [-0.3, -0.25) is 19.1 Å². The zero-order valence-corrected chi connectivity index (χ0v) is 34.2. The van der Waals surface area contributed by atoms with Gasteiger partial charge in [0.15, 0.2) is 0 Å². The number of allylic oxidation sites excluding steroid dienone is 1. The number of carbonyl (C=O) groups is 4. The van der Waals surface area contributed by atoms with Gasteiger partial charge in [-0.15, -0.1) is 0 Å². The summed E-state index contributed by atoms with van der Waals surface area (Å²) in [5.74, 6) is -0.412. The molecule has 15 nitrogen and oxygen atoms in total. The van der Waals surface area contributed by atoms with Gasteiger partial charge in [0, 0.05) is 30.2 Å². The van der Waals surface area contributed by atoms with Gasteiger partial charge in [-0.05, 0) is 87.5 Å². The molecule has 5 fully saturated rings. The number of rotatable bonds is 11. The van der Waals surface area contributed by atoms with Crippen LogP contribution in [0.25, 0.3) is 10.8 Å². The molecule has 0 bridgehead atoms. The molecule has 4 amide bonds. The molecule has 8 rings (SSSR count). The number of fused-ring (bicyclic) bond motifs is 4. The van der Waals surface area contributed by atoms with Crippen molar-refractivity contribution in [3.63, 3.8) is 0 Å². The number of pyridine rings is 1. The number of hydrogen-bond donors (Lipinski definition) is 3. The van der Waals surface area contributed by atoms with E-state index >= 15 is 0 Å². The second-order valence-corrected chi connectivity index (χ2v) is 19.4. The summed E-state index contributed by atoms with van der Waals surface area (Å²) in [5, 5.41) is 6.63. The quantitative estimate of drug-likeness (QED) is 0.219. The first-order chi connectivity index (χ1) is 27.8. The van der Waals surface area contributed by atoms with E-state index in [-0.39, 0.29) is 37.3 Å². The lowest BCUT2D eigenvalue weighted by atomic mass is 9.88. The lowest BCUT2D eigenvalue weighted by molar-refractivity contribution is -0.142. The second-order valence-electron chi connectivity index (χ2n) is 17.4. The van der Waals surface area contributed by atoms with E-state index in [0.29, 0.717) is 67.7 Å². The Hall–Kier alpha value is -4.44. The van der Waals surface area contributed by atoms with Crippen LogP contribution in [0.4, 0.5) is 4.79 Å². The summed E-state index contributed by atoms with van der Waals surface area (Å²) >= 11 is 0. The molecular formula is C42H55N5O10S. The number of methoxy groups -OCH3 is 1. The van der Waals surface area contributed by atoms with Crippen molar-refractivity contribution >= 4 is 44.6 Å². The molecular weight excluding hydrogens is 767 g/mol. The van der Waals surface area contributed by atoms with Gasteiger partial charge < -0.3 is 34.5 Å². The van der Waals surface area contributed by atoms with Gasteiger partial charge in [-0.25, -0.2) is 18.2 Å². The largest absolute Gasteiger partial charge is 0.489 e. The smallest absolute Gasteiger partial charge is 0.408 e. The number of amides is 4. The van der Waals surface area contributed by atoms with Crippen molar-refractivity contribution < 1.29 is 46.5 Å². The molecule has 3 heterocycles. The highest BCUT2D eigenvalue weighted by Crippen LogP contribution is 2.52. The Bertz CT molecular complexity index is 2050. The minimum atomic E-state index is -3.90. The molecule has 1 saturated heterocycles. The molecule has 314 valence electrons. The van der Waals surface area contributed by atoms with E-state index in [1.165, 1.54) is 11.3 Å². The summed E-state index contributed by atoms with van der Waals surface area (Å²) in [5.41, 5.74) is -1.51. The Morgan fingerprint density at radius 2 is 1.74 bits per heavy atom. The number of carbonyl (C=O) groups excluding carboxylic acids is 4. The number of nitrogens with one attached hydrogen (secondary N) is 3. The lowest BCUT2D eigenvalue weighted by Gasteiger charge is -2.33. The van der Waals surface area contributed by atoms with E-state index in [4.69, 9.17) is 18.9 Å². The SMILES string of the molecule is COCCOc1cnc(O[C@@H]2C[C@H]3C(=O)N[C@]4(C(=O)NS(=O)(=O)C5CC5)CC4/C=C\CC[C@@H](C)C[C@@H](C)[C@H](NC(=O)OC4C[C@@H]5C[C@@H]5C4)C(=O)N3C2)c2ccccc12. The Morgan fingerprint density at radius 1 is 0.983 bits per heavy atom. The van der Waals surface area contributed by atoms with E-state index in [1.54, 1.807) is 13.3 Å². The maximum Gasteiger partial charge on any atom is 0.408 e. The Labute approximate surface area is 339 Å². The van der Waals surface area contributed by atoms with Crippen LogP contribution in [0.3, 0.4) is 0 Å². The molecule has 1 aromatic heterocycles. The second kappa shape index (κ2) is 16.3. The molecule has 16 heteroatoms. The zero-order valence-electron chi connectivity index (χ0n) is 33.4. The van der Waals surface area contributed by atoms with Crippen LogP contribution in [-0.2, 0) is 33.9 Å². The van der Waals surface area contributed by atoms with E-state index in [0.717, 1.165) is 24.6 Å². The minimum absolute atomic E-state index is 0.0148. The van der Waals surface area contributed by atoms with Crippen molar-refractivity contribution in [1.82, 2.24) is 25.2 Å². The predicted octanol–water partition coefficient (Wildman–Crippen LogP) is 4.00. The Kier molecular flexibility index (Phi) is 11.3. The summed E-state index contributed by atoms with van der Waals surface area (Å²) in [6.07, 6.45) is 9.98. The number of hydrogen-bond acceptors (Lipinski definition) is 11. The number of sulfonamides is 1. The normalized spacial score (nSPS) is 34.0. The molecule has 1 aromatic carbocycles. The van der Waals surface area contributed by atoms with Crippen LogP contribution in [0.5, 0.6) is 11.6 Å². The molecule has 2 aliphatic heterocycles. The maximum absolute atomic E-state index is 14.9. The van der Waals surface area contributed by atoms with Crippen LogP contribution < -0.4 is 24.8 Å². The van der Waals surface area contributed by atoms with Crippen molar-refractivity contribution in [3.8, 4) is 11.6 Å². The fraction of sp³-hybridized carbons (Fsp3) is 0.643. The van der Waals surface area contributed by atoms with Crippen molar-refractivity contribution in [3.05, 3.63) is 42.6 Å². The van der Waals surface area contributed by atoms with Crippen LogP contribution in [0.2, 0.25) is 0 Å². The fourth-order valence-electron chi connectivity index (χ4n) is 9.31. The Morgan fingerprint density at radius 3 is 2.48 bits per heavy atom. The Balaban J connectivity index is 1.09. The van der Waals surface area contributed by atoms with Gasteiger partial charge in [0.1, 0.15) is 42.2 Å². The molecule has 0 spiro atoms. The zero-order chi connectivity index (χ0) is 40.8. The van der Waals surface area contributed by atoms with Gasteiger partial charge in [0.25, 0.3) is 5.91 Å². The van der Waals surface area contributed by atoms with E-state index in [2.05, 4.69) is 27.3 Å². The van der Waals surface area contributed by atoms with Crippen LogP contribution in [0.1, 0.15) is 78.1 Å². The predicted molar refractivity (Wildman–Crippen MR) is 212 cm³/mol. The third-order valence-corrected chi connectivity index (χ3v) is 14.7. The first-order valence-corrected chi connectivity index (χ1v) is 22.4. The van der Waals surface area contributed by atoms with Crippen molar-refractivity contribution in [2.24, 2.45) is 29.6 Å². The summed E-state index contributed by atoms with van der Waals surface area (Å²) < 4.78 is 51.5. The lowest BCUT2D eigenvalue weighted by Crippen LogP contribution is -2.59. The van der Waals surface area contributed by atoms with Crippen molar-refractivity contribution in [1.29, 1.82) is 0 Å². The van der Waals surface area contributed by atoms with Crippen molar-refractivity contribution in [2.75, 3.05) is 26.9 Å². The van der Waals surface area contributed by atoms with Gasteiger partial charge in [-0.1, -0.05) is 44.2 Å². The van der Waals surface area contributed by atoms with Crippen LogP contribution in [-0.4, -0.2) is 104 Å². The number of nitrogens with zero attached hydrogens (tertiary/aromatic N) is 2. The van der Waals surface area contributed by atoms with Gasteiger partial charge in [0.05, 0.1) is 24.6 Å². The van der Waals surface area contributed by atoms with Crippen molar-refractivity contribution in [2.45, 2.75) is 113 Å². The topological polar surface area (TPSA) is 192 Å². The van der Waals surface area contributed by atoms with Crippen LogP contribution in [0, 0.1) is 29.6 Å². The molecule has 0 radical (unpaired) electrons. The van der Waals surface area contributed by atoms with Gasteiger partial charge in [0.2, 0.25) is 27.7 Å². The third-order valence-electron chi connectivity index (χ3n) is 12.9. The number of ether oxygens (including phenoxy) is 4. The molecule has 10 atom stereocenters. The standard InChI is InChI=1S/C42H55N5O10S/c1-24-8-4-5-9-28-21-42(28,40(50)46-58(52,53)31-12-13-31)45-37(48)34-20-30(56-38-33-11-7-6-10-32(33)35(22-43-38)55-15-14-54-3)23-47(34)39(49)36(25(2)16-24)44-41(51)57-29-18-26-17-27(26)19-29/h5-7,9-11,22,24-31,34,36H,4,8,12-21,23H2,1-3H3,(H,44,51)(H,45,48)(H,46,50)/b9-5-/t24-,25-,26-,27+,28?,29?,30-,34+,36+,42-/m1/s1. The third kappa shape index (κ3) is 8.63. The minimum Gasteiger partial charge on any atom is -0.489 e. The summed E-state index contributed by atoms with van der Waals surface area (Å²) in [7, 11) is -2.31. The number of alkyl carbamates (subject to hydrolysis) is 1. The molecule has 2 aromatic rings. The molecule has 3 N–H and O–H groups in total. The summed E-state index contributed by atoms with van der Waals surface area (Å²) in [4.78, 5) is 62.8. The monoisotopic (exact) mass is 821 g/mol. The average molecular weight is 822 g/mol. The van der Waals surface area contributed by atoms with E-state index in [9.17, 15) is 27.6 Å². The molecule has 2 unspecified atom stereocenters. The highest BCUT2D eigenvalue weighted by atomic mass is 32.2. The van der Waals surface area contributed by atoms with E-state index in [1.807, 2.05) is 43.3 Å². The highest BCUT2D eigenvalue weighted by molar-refractivity contribution is 7.91. The first-order valence-electron chi connectivity index (χ1n) is 20.8. The fourth-order valence-corrected chi connectivity index (χ4v) is 10.7.